The Balaban J connectivity index is 1.65. The van der Waals surface area contributed by atoms with Gasteiger partial charge in [0.05, 0.1) is 12.4 Å². The molecular weight excluding hydrogens is 269 g/mol. The van der Waals surface area contributed by atoms with E-state index in [0.717, 1.165) is 31.7 Å². The number of H-pyrrole nitrogens is 1. The third kappa shape index (κ3) is 3.49. The van der Waals surface area contributed by atoms with E-state index in [1.165, 1.54) is 6.07 Å². The number of aliphatic hydroxyl groups excluding tert-OH is 1. The molecular formula is C16H20FN3O. The molecule has 2 aromatic rings. The highest BCUT2D eigenvalue weighted by Crippen LogP contribution is 2.23. The van der Waals surface area contributed by atoms with E-state index >= 15 is 0 Å². The third-order valence-corrected chi connectivity index (χ3v) is 4.17. The number of piperidine rings is 1. The molecule has 2 atom stereocenters. The van der Waals surface area contributed by atoms with E-state index in [9.17, 15) is 9.50 Å². The van der Waals surface area contributed by atoms with Crippen LogP contribution in [0.2, 0.25) is 0 Å². The summed E-state index contributed by atoms with van der Waals surface area (Å²) >= 11 is 0. The number of nitrogens with one attached hydrogen (secondary N) is 1. The highest BCUT2D eigenvalue weighted by molar-refractivity contribution is 5.18. The lowest BCUT2D eigenvalue weighted by Gasteiger charge is -2.36. The van der Waals surface area contributed by atoms with E-state index in [4.69, 9.17) is 0 Å². The van der Waals surface area contributed by atoms with E-state index < -0.39 is 0 Å². The zero-order valence-electron chi connectivity index (χ0n) is 11.9. The summed E-state index contributed by atoms with van der Waals surface area (Å²) in [6.07, 6.45) is 4.44. The molecule has 1 aromatic carbocycles. The largest absolute Gasteiger partial charge is 0.393 e. The van der Waals surface area contributed by atoms with Crippen LogP contribution in [-0.2, 0) is 13.0 Å². The summed E-state index contributed by atoms with van der Waals surface area (Å²) in [6, 6.07) is 6.82. The second-order valence-corrected chi connectivity index (χ2v) is 5.72. The standard InChI is InChI=1S/C16H20FN3O/c17-15-4-2-1-3-12(15)7-13-9-20(6-5-16(13)21)10-14-8-18-11-19-14/h1-4,8,11,13,16,21H,5-7,9-10H2,(H,18,19)/t13-,16+/m1/s1. The van der Waals surface area contributed by atoms with E-state index in [2.05, 4.69) is 14.9 Å². The van der Waals surface area contributed by atoms with Gasteiger partial charge in [-0.3, -0.25) is 4.90 Å². The van der Waals surface area contributed by atoms with Crippen molar-refractivity contribution in [1.82, 2.24) is 14.9 Å². The molecule has 1 saturated heterocycles. The van der Waals surface area contributed by atoms with E-state index in [-0.39, 0.29) is 17.8 Å². The minimum atomic E-state index is -0.359. The highest BCUT2D eigenvalue weighted by atomic mass is 19.1. The Morgan fingerprint density at radius 3 is 3.00 bits per heavy atom. The molecule has 1 aromatic heterocycles. The van der Waals surface area contributed by atoms with Crippen LogP contribution in [0.15, 0.2) is 36.8 Å². The van der Waals surface area contributed by atoms with Crippen LogP contribution in [0.4, 0.5) is 4.39 Å². The van der Waals surface area contributed by atoms with Gasteiger partial charge in [0, 0.05) is 37.4 Å². The molecule has 0 unspecified atom stereocenters. The van der Waals surface area contributed by atoms with Crippen molar-refractivity contribution in [3.63, 3.8) is 0 Å². The number of aliphatic hydroxyl groups is 1. The van der Waals surface area contributed by atoms with Crippen LogP contribution in [0.5, 0.6) is 0 Å². The van der Waals surface area contributed by atoms with Gasteiger partial charge in [-0.1, -0.05) is 18.2 Å². The second kappa shape index (κ2) is 6.37. The van der Waals surface area contributed by atoms with Crippen molar-refractivity contribution in [1.29, 1.82) is 0 Å². The highest BCUT2D eigenvalue weighted by Gasteiger charge is 2.28. The monoisotopic (exact) mass is 289 g/mol. The van der Waals surface area contributed by atoms with Gasteiger partial charge in [0.2, 0.25) is 0 Å². The average Bonchev–Trinajstić information content (AvgIpc) is 2.98. The molecule has 5 heteroatoms. The number of likely N-dealkylation sites (tertiary alicyclic amines) is 1. The van der Waals surface area contributed by atoms with Crippen molar-refractivity contribution in [2.75, 3.05) is 13.1 Å². The van der Waals surface area contributed by atoms with Crippen LogP contribution < -0.4 is 0 Å². The SMILES string of the molecule is O[C@H]1CCN(Cc2cnc[nH]2)C[C@H]1Cc1ccccc1F. The van der Waals surface area contributed by atoms with Gasteiger partial charge in [-0.05, 0) is 24.5 Å². The summed E-state index contributed by atoms with van der Waals surface area (Å²) in [5, 5.41) is 10.2. The molecule has 0 spiro atoms. The number of halogens is 1. The molecule has 112 valence electrons. The molecule has 0 bridgehead atoms. The first kappa shape index (κ1) is 14.2. The lowest BCUT2D eigenvalue weighted by atomic mass is 9.88. The van der Waals surface area contributed by atoms with Gasteiger partial charge in [-0.25, -0.2) is 9.37 Å². The lowest BCUT2D eigenvalue weighted by molar-refractivity contribution is 0.0232. The number of imidazole rings is 1. The van der Waals surface area contributed by atoms with E-state index in [1.807, 2.05) is 12.3 Å². The number of hydrogen-bond donors (Lipinski definition) is 2. The number of rotatable bonds is 4. The summed E-state index contributed by atoms with van der Waals surface area (Å²) in [7, 11) is 0. The van der Waals surface area contributed by atoms with Crippen LogP contribution >= 0.6 is 0 Å². The van der Waals surface area contributed by atoms with Gasteiger partial charge in [-0.2, -0.15) is 0 Å². The van der Waals surface area contributed by atoms with Crippen LogP contribution in [0.3, 0.4) is 0 Å². The first-order valence-corrected chi connectivity index (χ1v) is 7.33. The summed E-state index contributed by atoms with van der Waals surface area (Å²) in [5.41, 5.74) is 1.75. The van der Waals surface area contributed by atoms with Gasteiger partial charge < -0.3 is 10.1 Å². The molecule has 2 N–H and O–H groups in total. The number of nitrogens with zero attached hydrogens (tertiary/aromatic N) is 2. The topological polar surface area (TPSA) is 52.1 Å². The zero-order valence-corrected chi connectivity index (χ0v) is 11.9. The fourth-order valence-corrected chi connectivity index (χ4v) is 3.00. The molecule has 1 aliphatic heterocycles. The molecule has 21 heavy (non-hydrogen) atoms. The Morgan fingerprint density at radius 2 is 2.24 bits per heavy atom. The first-order valence-electron chi connectivity index (χ1n) is 7.33. The van der Waals surface area contributed by atoms with Crippen molar-refractivity contribution in [2.24, 2.45) is 5.92 Å². The Labute approximate surface area is 123 Å². The molecule has 0 radical (unpaired) electrons. The number of aromatic amines is 1. The molecule has 0 saturated carbocycles. The molecule has 1 fully saturated rings. The molecule has 2 heterocycles. The number of hydrogen-bond acceptors (Lipinski definition) is 3. The maximum atomic E-state index is 13.8. The van der Waals surface area contributed by atoms with Crippen molar-refractivity contribution in [2.45, 2.75) is 25.5 Å². The quantitative estimate of drug-likeness (QED) is 0.905. The van der Waals surface area contributed by atoms with Crippen LogP contribution in [0, 0.1) is 11.7 Å². The van der Waals surface area contributed by atoms with Crippen molar-refractivity contribution >= 4 is 0 Å². The summed E-state index contributed by atoms with van der Waals surface area (Å²) in [6.45, 7) is 2.42. The summed E-state index contributed by atoms with van der Waals surface area (Å²) in [4.78, 5) is 9.40. The maximum absolute atomic E-state index is 13.8. The minimum Gasteiger partial charge on any atom is -0.393 e. The van der Waals surface area contributed by atoms with Crippen LogP contribution in [0.25, 0.3) is 0 Å². The van der Waals surface area contributed by atoms with Gasteiger partial charge in [-0.15, -0.1) is 0 Å². The van der Waals surface area contributed by atoms with Crippen LogP contribution in [0.1, 0.15) is 17.7 Å². The summed E-state index contributed by atoms with van der Waals surface area (Å²) in [5.74, 6) is -0.117. The molecule has 0 aliphatic carbocycles. The predicted octanol–water partition coefficient (Wildman–Crippen LogP) is 1.97. The van der Waals surface area contributed by atoms with Gasteiger partial charge in [0.25, 0.3) is 0 Å². The van der Waals surface area contributed by atoms with Crippen molar-refractivity contribution in [3.8, 4) is 0 Å². The van der Waals surface area contributed by atoms with E-state index in [0.29, 0.717) is 12.0 Å². The Bertz CT molecular complexity index is 573. The molecule has 0 amide bonds. The lowest BCUT2D eigenvalue weighted by Crippen LogP contribution is -2.43. The van der Waals surface area contributed by atoms with Crippen molar-refractivity contribution < 1.29 is 9.50 Å². The number of aromatic nitrogens is 2. The fraction of sp³-hybridized carbons (Fsp3) is 0.438. The Hall–Kier alpha value is -1.72. The fourth-order valence-electron chi connectivity index (χ4n) is 3.00. The average molecular weight is 289 g/mol. The Kier molecular flexibility index (Phi) is 4.31. The second-order valence-electron chi connectivity index (χ2n) is 5.72. The molecule has 4 nitrogen and oxygen atoms in total. The van der Waals surface area contributed by atoms with Crippen LogP contribution in [-0.4, -0.2) is 39.2 Å². The normalized spacial score (nSPS) is 23.3. The number of benzene rings is 1. The van der Waals surface area contributed by atoms with E-state index in [1.54, 1.807) is 18.5 Å². The maximum Gasteiger partial charge on any atom is 0.126 e. The van der Waals surface area contributed by atoms with Gasteiger partial charge >= 0.3 is 0 Å². The first-order chi connectivity index (χ1) is 10.2. The Morgan fingerprint density at radius 1 is 1.38 bits per heavy atom. The van der Waals surface area contributed by atoms with Gasteiger partial charge in [0.1, 0.15) is 5.82 Å². The summed E-state index contributed by atoms with van der Waals surface area (Å²) < 4.78 is 13.8. The molecule has 3 rings (SSSR count). The van der Waals surface area contributed by atoms with Gasteiger partial charge in [0.15, 0.2) is 0 Å². The minimum absolute atomic E-state index is 0.0681. The zero-order chi connectivity index (χ0) is 14.7. The smallest absolute Gasteiger partial charge is 0.126 e. The molecule has 1 aliphatic rings. The third-order valence-electron chi connectivity index (χ3n) is 4.17. The predicted molar refractivity (Wildman–Crippen MR) is 78.1 cm³/mol. The van der Waals surface area contributed by atoms with Crippen molar-refractivity contribution in [3.05, 3.63) is 53.9 Å².